The third kappa shape index (κ3) is 4.50. The zero-order chi connectivity index (χ0) is 8.31. The minimum atomic E-state index is -0.176. The molecule has 1 amide bonds. The van der Waals surface area contributed by atoms with E-state index in [1.54, 1.807) is 0 Å². The van der Waals surface area contributed by atoms with Crippen molar-refractivity contribution in [2.24, 2.45) is 23.5 Å². The molecule has 0 aliphatic carbocycles. The van der Waals surface area contributed by atoms with Gasteiger partial charge in [-0.05, 0) is 11.8 Å². The van der Waals surface area contributed by atoms with Crippen LogP contribution in [-0.4, -0.2) is 5.91 Å². The Kier molecular flexibility index (Phi) is 7.05. The van der Waals surface area contributed by atoms with Crippen molar-refractivity contribution < 1.29 is 25.1 Å². The summed E-state index contributed by atoms with van der Waals surface area (Å²) >= 11 is 0. The molecule has 0 rings (SSSR count). The fraction of sp³-hybridized carbons (Fsp3) is 0.875. The largest absolute Gasteiger partial charge is 1.00 e. The minimum Gasteiger partial charge on any atom is -1.00 e. The van der Waals surface area contributed by atoms with Gasteiger partial charge in [0.25, 0.3) is 0 Å². The van der Waals surface area contributed by atoms with Crippen LogP contribution in [0.2, 0.25) is 0 Å². The summed E-state index contributed by atoms with van der Waals surface area (Å²) in [6.07, 6.45) is 0. The van der Waals surface area contributed by atoms with Crippen molar-refractivity contribution >= 4 is 5.91 Å². The molecule has 2 N–H and O–H groups in total. The number of rotatable bonds is 3. The van der Waals surface area contributed by atoms with Crippen LogP contribution in [0.4, 0.5) is 0 Å². The second-order valence-corrected chi connectivity index (χ2v) is 3.42. The van der Waals surface area contributed by atoms with Crippen molar-refractivity contribution in [3.8, 4) is 0 Å². The first kappa shape index (κ1) is 13.6. The maximum absolute atomic E-state index is 10.8. The molecule has 2 nitrogen and oxygen atoms in total. The SMILES string of the molecule is CC(C)C(C(N)=O)C(C)C.[H-].[Li+]. The molecule has 0 aliphatic rings. The van der Waals surface area contributed by atoms with E-state index in [0.29, 0.717) is 11.8 Å². The first-order valence-electron chi connectivity index (χ1n) is 3.76. The van der Waals surface area contributed by atoms with E-state index in [4.69, 9.17) is 5.73 Å². The van der Waals surface area contributed by atoms with E-state index in [0.717, 1.165) is 0 Å². The molecular weight excluding hydrogens is 133 g/mol. The Bertz CT molecular complexity index is 120. The molecule has 62 valence electrons. The third-order valence-electron chi connectivity index (χ3n) is 1.76. The number of hydrogen-bond acceptors (Lipinski definition) is 1. The molecular formula is C8H18LiNO. The number of carbonyl (C=O) groups is 1. The van der Waals surface area contributed by atoms with E-state index in [2.05, 4.69) is 0 Å². The van der Waals surface area contributed by atoms with Crippen LogP contribution < -0.4 is 24.6 Å². The molecule has 11 heavy (non-hydrogen) atoms. The van der Waals surface area contributed by atoms with Gasteiger partial charge < -0.3 is 7.16 Å². The van der Waals surface area contributed by atoms with Gasteiger partial charge in [-0.1, -0.05) is 27.7 Å². The number of primary amides is 1. The summed E-state index contributed by atoms with van der Waals surface area (Å²) in [5.41, 5.74) is 5.20. The predicted molar refractivity (Wildman–Crippen MR) is 43.5 cm³/mol. The first-order chi connectivity index (χ1) is 4.46. The van der Waals surface area contributed by atoms with Crippen LogP contribution in [0.1, 0.15) is 29.1 Å². The summed E-state index contributed by atoms with van der Waals surface area (Å²) in [5, 5.41) is 0. The van der Waals surface area contributed by atoms with E-state index in [9.17, 15) is 4.79 Å². The van der Waals surface area contributed by atoms with Crippen molar-refractivity contribution in [3.63, 3.8) is 0 Å². The van der Waals surface area contributed by atoms with Crippen molar-refractivity contribution in [1.29, 1.82) is 0 Å². The predicted octanol–water partition coefficient (Wildman–Crippen LogP) is -1.48. The summed E-state index contributed by atoms with van der Waals surface area (Å²) < 4.78 is 0. The topological polar surface area (TPSA) is 43.1 Å². The average Bonchev–Trinajstić information content (AvgIpc) is 1.59. The monoisotopic (exact) mass is 151 g/mol. The van der Waals surface area contributed by atoms with Crippen molar-refractivity contribution in [1.82, 2.24) is 0 Å². The van der Waals surface area contributed by atoms with Crippen LogP contribution in [-0.2, 0) is 4.79 Å². The molecule has 0 fully saturated rings. The Balaban J connectivity index is -0.000000405. The molecule has 0 heterocycles. The minimum absolute atomic E-state index is 0. The number of amides is 1. The second kappa shape index (κ2) is 5.68. The molecule has 0 aromatic rings. The Morgan fingerprint density at radius 3 is 1.45 bits per heavy atom. The first-order valence-corrected chi connectivity index (χ1v) is 3.76. The molecule has 0 unspecified atom stereocenters. The van der Waals surface area contributed by atoms with E-state index in [1.807, 2.05) is 27.7 Å². The summed E-state index contributed by atoms with van der Waals surface area (Å²) in [6, 6.07) is 0. The molecule has 0 bridgehead atoms. The Labute approximate surface area is 82.6 Å². The maximum Gasteiger partial charge on any atom is 1.00 e. The Morgan fingerprint density at radius 2 is 1.45 bits per heavy atom. The molecule has 0 aliphatic heterocycles. The van der Waals surface area contributed by atoms with Gasteiger partial charge in [0, 0.05) is 5.92 Å². The standard InChI is InChI=1S/C8H17NO.Li.H/c1-5(2)7(6(3)4)8(9)10;;/h5-7H,1-4H3,(H2,9,10);;/q;+1;-1. The molecule has 3 heteroatoms. The molecule has 0 aromatic heterocycles. The van der Waals surface area contributed by atoms with Gasteiger partial charge in [-0.15, -0.1) is 0 Å². The van der Waals surface area contributed by atoms with Crippen molar-refractivity contribution in [2.75, 3.05) is 0 Å². The van der Waals surface area contributed by atoms with E-state index < -0.39 is 0 Å². The fourth-order valence-electron chi connectivity index (χ4n) is 1.43. The van der Waals surface area contributed by atoms with Gasteiger partial charge in [-0.3, -0.25) is 4.79 Å². The van der Waals surface area contributed by atoms with Gasteiger partial charge in [0.1, 0.15) is 0 Å². The normalized spacial score (nSPS) is 10.5. The van der Waals surface area contributed by atoms with Gasteiger partial charge >= 0.3 is 18.9 Å². The van der Waals surface area contributed by atoms with Gasteiger partial charge in [0.2, 0.25) is 5.91 Å². The average molecular weight is 151 g/mol. The summed E-state index contributed by atoms with van der Waals surface area (Å²) in [7, 11) is 0. The smallest absolute Gasteiger partial charge is 1.00 e. The van der Waals surface area contributed by atoms with E-state index in [-0.39, 0.29) is 32.1 Å². The van der Waals surface area contributed by atoms with Gasteiger partial charge in [-0.2, -0.15) is 0 Å². The van der Waals surface area contributed by atoms with Crippen LogP contribution in [0.25, 0.3) is 0 Å². The van der Waals surface area contributed by atoms with Crippen LogP contribution in [0.5, 0.6) is 0 Å². The van der Waals surface area contributed by atoms with E-state index in [1.165, 1.54) is 0 Å². The number of carbonyl (C=O) groups excluding carboxylic acids is 1. The maximum atomic E-state index is 10.8. The van der Waals surface area contributed by atoms with Gasteiger partial charge in [-0.25, -0.2) is 0 Å². The van der Waals surface area contributed by atoms with Crippen molar-refractivity contribution in [2.45, 2.75) is 27.7 Å². The molecule has 0 radical (unpaired) electrons. The quantitative estimate of drug-likeness (QED) is 0.491. The summed E-state index contributed by atoms with van der Waals surface area (Å²) in [6.45, 7) is 8.09. The number of hydrogen-bond donors (Lipinski definition) is 1. The molecule has 0 spiro atoms. The Morgan fingerprint density at radius 1 is 1.18 bits per heavy atom. The van der Waals surface area contributed by atoms with Gasteiger partial charge in [0.05, 0.1) is 0 Å². The molecule has 0 saturated heterocycles. The van der Waals surface area contributed by atoms with Gasteiger partial charge in [0.15, 0.2) is 0 Å². The van der Waals surface area contributed by atoms with Crippen LogP contribution >= 0.6 is 0 Å². The molecule has 0 aromatic carbocycles. The molecule has 0 atom stereocenters. The van der Waals surface area contributed by atoms with E-state index >= 15 is 0 Å². The summed E-state index contributed by atoms with van der Waals surface area (Å²) in [5.74, 6) is 0.569. The summed E-state index contributed by atoms with van der Waals surface area (Å²) in [4.78, 5) is 10.8. The Hall–Kier alpha value is 0.0674. The number of nitrogens with two attached hydrogens (primary N) is 1. The van der Waals surface area contributed by atoms with Crippen LogP contribution in [0, 0.1) is 17.8 Å². The third-order valence-corrected chi connectivity index (χ3v) is 1.76. The van der Waals surface area contributed by atoms with Crippen LogP contribution in [0.3, 0.4) is 0 Å². The fourth-order valence-corrected chi connectivity index (χ4v) is 1.43. The zero-order valence-corrected chi connectivity index (χ0v) is 8.22. The van der Waals surface area contributed by atoms with Crippen molar-refractivity contribution in [3.05, 3.63) is 0 Å². The second-order valence-electron chi connectivity index (χ2n) is 3.42. The van der Waals surface area contributed by atoms with Crippen LogP contribution in [0.15, 0.2) is 0 Å². The zero-order valence-electron chi connectivity index (χ0n) is 9.22. The molecule has 0 saturated carbocycles.